The zero-order valence-corrected chi connectivity index (χ0v) is 14.3. The van der Waals surface area contributed by atoms with Gasteiger partial charge in [-0.05, 0) is 25.2 Å². The number of rotatable bonds is 5. The Hall–Kier alpha value is -2.41. The quantitative estimate of drug-likeness (QED) is 0.813. The number of carbonyl (C=O) groups excluding carboxylic acids is 1. The van der Waals surface area contributed by atoms with E-state index < -0.39 is 0 Å². The molecule has 7 nitrogen and oxygen atoms in total. The molecule has 3 heterocycles. The van der Waals surface area contributed by atoms with Crippen molar-refractivity contribution in [3.05, 3.63) is 42.4 Å². The summed E-state index contributed by atoms with van der Waals surface area (Å²) in [5, 5.41) is 4.16. The third kappa shape index (κ3) is 3.91. The number of nitrogens with zero attached hydrogens (tertiary/aromatic N) is 6. The number of pyridine rings is 1. The molecule has 0 atom stereocenters. The fourth-order valence-electron chi connectivity index (χ4n) is 2.77. The van der Waals surface area contributed by atoms with E-state index in [4.69, 9.17) is 0 Å². The Morgan fingerprint density at radius 3 is 2.75 bits per heavy atom. The number of amides is 1. The highest BCUT2D eigenvalue weighted by molar-refractivity contribution is 5.94. The van der Waals surface area contributed by atoms with Gasteiger partial charge in [-0.25, -0.2) is 4.98 Å². The van der Waals surface area contributed by atoms with Crippen LogP contribution < -0.4 is 4.90 Å². The van der Waals surface area contributed by atoms with Crippen LogP contribution in [0.25, 0.3) is 0 Å². The summed E-state index contributed by atoms with van der Waals surface area (Å²) in [5.41, 5.74) is 0.682. The molecule has 0 spiro atoms. The van der Waals surface area contributed by atoms with Gasteiger partial charge in [0.2, 0.25) is 0 Å². The number of hydrogen-bond acceptors (Lipinski definition) is 5. The van der Waals surface area contributed by atoms with Gasteiger partial charge in [0, 0.05) is 63.9 Å². The summed E-state index contributed by atoms with van der Waals surface area (Å²) < 4.78 is 1.83. The molecule has 0 aliphatic carbocycles. The summed E-state index contributed by atoms with van der Waals surface area (Å²) in [5.74, 6) is 0.898. The molecular weight excluding hydrogens is 304 g/mol. The molecule has 128 valence electrons. The Balaban J connectivity index is 1.63. The third-order valence-electron chi connectivity index (χ3n) is 4.39. The van der Waals surface area contributed by atoms with Crippen molar-refractivity contribution in [3.63, 3.8) is 0 Å². The lowest BCUT2D eigenvalue weighted by molar-refractivity contribution is 0.0789. The Bertz CT molecular complexity index is 663. The van der Waals surface area contributed by atoms with E-state index in [-0.39, 0.29) is 5.91 Å². The van der Waals surface area contributed by atoms with E-state index >= 15 is 0 Å². The number of hydrogen-bond donors (Lipinski definition) is 0. The number of likely N-dealkylation sites (N-methyl/N-ethyl adjacent to an activating group) is 2. The largest absolute Gasteiger partial charge is 0.354 e. The number of piperazine rings is 1. The van der Waals surface area contributed by atoms with Crippen LogP contribution in [0.2, 0.25) is 0 Å². The van der Waals surface area contributed by atoms with Crippen LogP contribution in [0, 0.1) is 0 Å². The molecule has 0 bridgehead atoms. The molecule has 1 amide bonds. The number of carbonyl (C=O) groups is 1. The monoisotopic (exact) mass is 328 g/mol. The van der Waals surface area contributed by atoms with Crippen molar-refractivity contribution in [2.45, 2.75) is 6.54 Å². The molecule has 1 aliphatic heterocycles. The predicted octanol–water partition coefficient (Wildman–Crippen LogP) is 0.802. The zero-order chi connectivity index (χ0) is 16.9. The second-order valence-electron chi connectivity index (χ2n) is 6.19. The molecular formula is C17H24N6O. The molecule has 3 rings (SSSR count). The van der Waals surface area contributed by atoms with Gasteiger partial charge in [0.05, 0.1) is 6.54 Å². The molecule has 0 radical (unpaired) electrons. The van der Waals surface area contributed by atoms with Crippen molar-refractivity contribution in [1.29, 1.82) is 0 Å². The number of anilines is 1. The van der Waals surface area contributed by atoms with Crippen LogP contribution in [0.15, 0.2) is 36.8 Å². The summed E-state index contributed by atoms with van der Waals surface area (Å²) in [4.78, 5) is 23.3. The predicted molar refractivity (Wildman–Crippen MR) is 93.1 cm³/mol. The first-order chi connectivity index (χ1) is 11.6. The van der Waals surface area contributed by atoms with E-state index in [1.807, 2.05) is 30.1 Å². The molecule has 2 aromatic rings. The SMILES string of the molecule is CN1CCN(c2cc(C(=O)N(C)CCn3cccn3)ccn2)CC1. The first kappa shape index (κ1) is 16.4. The topological polar surface area (TPSA) is 57.5 Å². The van der Waals surface area contributed by atoms with Gasteiger partial charge >= 0.3 is 0 Å². The van der Waals surface area contributed by atoms with Crippen molar-refractivity contribution >= 4 is 11.7 Å². The minimum atomic E-state index is 0.0138. The van der Waals surface area contributed by atoms with E-state index in [1.165, 1.54) is 0 Å². The summed E-state index contributed by atoms with van der Waals surface area (Å²) in [6.45, 7) is 5.22. The van der Waals surface area contributed by atoms with E-state index in [0.717, 1.165) is 32.0 Å². The normalized spacial score (nSPS) is 15.5. The van der Waals surface area contributed by atoms with Crippen LogP contribution in [0.3, 0.4) is 0 Å². The van der Waals surface area contributed by atoms with Gasteiger partial charge in [0.25, 0.3) is 5.91 Å². The summed E-state index contributed by atoms with van der Waals surface area (Å²) in [6, 6.07) is 5.57. The second kappa shape index (κ2) is 7.44. The Labute approximate surface area is 142 Å². The molecule has 1 saturated heterocycles. The Morgan fingerprint density at radius 2 is 2.04 bits per heavy atom. The molecule has 0 unspecified atom stereocenters. The molecule has 0 aromatic carbocycles. The molecule has 7 heteroatoms. The van der Waals surface area contributed by atoms with E-state index in [0.29, 0.717) is 18.7 Å². The van der Waals surface area contributed by atoms with Crippen molar-refractivity contribution < 1.29 is 4.79 Å². The average molecular weight is 328 g/mol. The highest BCUT2D eigenvalue weighted by Gasteiger charge is 2.18. The van der Waals surface area contributed by atoms with Gasteiger partial charge in [-0.1, -0.05) is 0 Å². The highest BCUT2D eigenvalue weighted by atomic mass is 16.2. The summed E-state index contributed by atoms with van der Waals surface area (Å²) in [6.07, 6.45) is 5.37. The minimum Gasteiger partial charge on any atom is -0.354 e. The van der Waals surface area contributed by atoms with Crippen LogP contribution in [-0.4, -0.2) is 77.3 Å². The summed E-state index contributed by atoms with van der Waals surface area (Å²) >= 11 is 0. The maximum atomic E-state index is 12.6. The average Bonchev–Trinajstić information content (AvgIpc) is 3.13. The third-order valence-corrected chi connectivity index (χ3v) is 4.39. The van der Waals surface area contributed by atoms with Crippen molar-refractivity contribution in [2.75, 3.05) is 51.7 Å². The van der Waals surface area contributed by atoms with Crippen LogP contribution in [-0.2, 0) is 6.54 Å². The first-order valence-corrected chi connectivity index (χ1v) is 8.26. The molecule has 1 fully saturated rings. The smallest absolute Gasteiger partial charge is 0.253 e. The van der Waals surface area contributed by atoms with E-state index in [2.05, 4.69) is 26.9 Å². The highest BCUT2D eigenvalue weighted by Crippen LogP contribution is 2.15. The van der Waals surface area contributed by atoms with Gasteiger partial charge in [-0.2, -0.15) is 5.10 Å². The lowest BCUT2D eigenvalue weighted by Crippen LogP contribution is -2.44. The minimum absolute atomic E-state index is 0.0138. The second-order valence-corrected chi connectivity index (χ2v) is 6.19. The van der Waals surface area contributed by atoms with E-state index in [1.54, 1.807) is 23.4 Å². The molecule has 0 N–H and O–H groups in total. The zero-order valence-electron chi connectivity index (χ0n) is 14.3. The van der Waals surface area contributed by atoms with Crippen LogP contribution >= 0.6 is 0 Å². The fraction of sp³-hybridized carbons (Fsp3) is 0.471. The first-order valence-electron chi connectivity index (χ1n) is 8.26. The van der Waals surface area contributed by atoms with Crippen molar-refractivity contribution in [3.8, 4) is 0 Å². The van der Waals surface area contributed by atoms with Gasteiger partial charge in [0.15, 0.2) is 0 Å². The standard InChI is InChI=1S/C17H24N6O/c1-20-8-11-22(12-9-20)16-14-15(4-6-18-16)17(24)21(2)10-13-23-7-3-5-19-23/h3-7,14H,8-13H2,1-2H3. The van der Waals surface area contributed by atoms with Gasteiger partial charge in [0.1, 0.15) is 5.82 Å². The van der Waals surface area contributed by atoms with Gasteiger partial charge < -0.3 is 14.7 Å². The maximum Gasteiger partial charge on any atom is 0.253 e. The van der Waals surface area contributed by atoms with Crippen LogP contribution in [0.1, 0.15) is 10.4 Å². The van der Waals surface area contributed by atoms with Crippen molar-refractivity contribution in [2.24, 2.45) is 0 Å². The maximum absolute atomic E-state index is 12.6. The van der Waals surface area contributed by atoms with Crippen molar-refractivity contribution in [1.82, 2.24) is 24.6 Å². The lowest BCUT2D eigenvalue weighted by atomic mass is 10.2. The van der Waals surface area contributed by atoms with E-state index in [9.17, 15) is 4.79 Å². The lowest BCUT2D eigenvalue weighted by Gasteiger charge is -2.33. The summed E-state index contributed by atoms with van der Waals surface area (Å²) in [7, 11) is 3.95. The van der Waals surface area contributed by atoms with Gasteiger partial charge in [-0.3, -0.25) is 9.48 Å². The van der Waals surface area contributed by atoms with Crippen LogP contribution in [0.4, 0.5) is 5.82 Å². The Morgan fingerprint density at radius 1 is 1.25 bits per heavy atom. The Kier molecular flexibility index (Phi) is 5.10. The molecule has 2 aromatic heterocycles. The van der Waals surface area contributed by atoms with Gasteiger partial charge in [-0.15, -0.1) is 0 Å². The molecule has 24 heavy (non-hydrogen) atoms. The van der Waals surface area contributed by atoms with Crippen LogP contribution in [0.5, 0.6) is 0 Å². The molecule has 0 saturated carbocycles. The fourth-order valence-corrected chi connectivity index (χ4v) is 2.77. The number of aromatic nitrogens is 3. The molecule has 1 aliphatic rings.